The number of nitrogen functional groups attached to an aromatic ring is 1. The van der Waals surface area contributed by atoms with E-state index in [0.29, 0.717) is 16.1 Å². The van der Waals surface area contributed by atoms with Gasteiger partial charge in [0.2, 0.25) is 5.13 Å². The van der Waals surface area contributed by atoms with Gasteiger partial charge in [-0.2, -0.15) is 0 Å². The van der Waals surface area contributed by atoms with E-state index in [1.54, 1.807) is 6.92 Å². The molecule has 0 aliphatic carbocycles. The van der Waals surface area contributed by atoms with Crippen LogP contribution < -0.4 is 5.73 Å². The molecule has 19 heavy (non-hydrogen) atoms. The number of carbonyl (C=O) groups is 1. The molecule has 5 nitrogen and oxygen atoms in total. The van der Waals surface area contributed by atoms with E-state index in [1.807, 2.05) is 30.3 Å². The normalized spacial score (nSPS) is 12.1. The zero-order valence-corrected chi connectivity index (χ0v) is 11.9. The van der Waals surface area contributed by atoms with Crippen LogP contribution in [-0.4, -0.2) is 22.8 Å². The lowest BCUT2D eigenvalue weighted by molar-refractivity contribution is -0.142. The van der Waals surface area contributed by atoms with E-state index in [4.69, 9.17) is 10.5 Å². The number of hydrogen-bond acceptors (Lipinski definition) is 7. The maximum Gasteiger partial charge on any atom is 0.324 e. The summed E-state index contributed by atoms with van der Waals surface area (Å²) in [5.41, 5.74) is 6.42. The molecule has 0 bridgehead atoms. The van der Waals surface area contributed by atoms with Crippen molar-refractivity contribution < 1.29 is 9.53 Å². The maximum absolute atomic E-state index is 12.0. The third-order valence-electron chi connectivity index (χ3n) is 2.24. The molecular weight excluding hydrogens is 282 g/mol. The Morgan fingerprint density at radius 1 is 1.42 bits per heavy atom. The number of aromatic nitrogens is 2. The number of rotatable bonds is 5. The van der Waals surface area contributed by atoms with Gasteiger partial charge >= 0.3 is 5.97 Å². The Labute approximate surface area is 119 Å². The first kappa shape index (κ1) is 13.8. The number of nitrogens with two attached hydrogens (primary N) is 1. The molecule has 2 aromatic rings. The Balaban J connectivity index is 2.22. The molecule has 1 atom stereocenters. The first-order chi connectivity index (χ1) is 9.20. The van der Waals surface area contributed by atoms with Crippen molar-refractivity contribution in [3.63, 3.8) is 0 Å². The topological polar surface area (TPSA) is 78.1 Å². The van der Waals surface area contributed by atoms with Crippen LogP contribution in [0.1, 0.15) is 17.7 Å². The van der Waals surface area contributed by atoms with E-state index in [1.165, 1.54) is 23.1 Å². The first-order valence-electron chi connectivity index (χ1n) is 5.68. The number of thioether (sulfide) groups is 1. The average Bonchev–Trinajstić information content (AvgIpc) is 2.83. The van der Waals surface area contributed by atoms with Gasteiger partial charge in [0.25, 0.3) is 0 Å². The van der Waals surface area contributed by atoms with Crippen molar-refractivity contribution in [2.75, 3.05) is 12.3 Å². The molecule has 0 fully saturated rings. The number of hydrogen-bond donors (Lipinski definition) is 1. The van der Waals surface area contributed by atoms with E-state index in [9.17, 15) is 4.79 Å². The molecule has 2 N–H and O–H groups in total. The van der Waals surface area contributed by atoms with E-state index >= 15 is 0 Å². The third kappa shape index (κ3) is 3.68. The molecule has 0 amide bonds. The Kier molecular flexibility index (Phi) is 4.75. The van der Waals surface area contributed by atoms with Crippen LogP contribution in [0.15, 0.2) is 34.7 Å². The molecular formula is C12H13N3O2S2. The van der Waals surface area contributed by atoms with Gasteiger partial charge in [0.05, 0.1) is 6.61 Å². The zero-order valence-electron chi connectivity index (χ0n) is 10.3. The summed E-state index contributed by atoms with van der Waals surface area (Å²) in [6.45, 7) is 2.13. The van der Waals surface area contributed by atoms with Crippen LogP contribution >= 0.6 is 23.1 Å². The van der Waals surface area contributed by atoms with Crippen LogP contribution in [0.2, 0.25) is 0 Å². The molecule has 2 rings (SSSR count). The van der Waals surface area contributed by atoms with Crippen molar-refractivity contribution in [3.05, 3.63) is 35.9 Å². The molecule has 0 aliphatic heterocycles. The number of ether oxygens (including phenoxy) is 1. The van der Waals surface area contributed by atoms with Gasteiger partial charge in [0.1, 0.15) is 5.25 Å². The SMILES string of the molecule is CCOC(=O)[C@H](Sc1nnc(N)s1)c1ccccc1. The molecule has 0 aliphatic rings. The van der Waals surface area contributed by atoms with Gasteiger partial charge < -0.3 is 10.5 Å². The number of esters is 1. The first-order valence-corrected chi connectivity index (χ1v) is 7.37. The minimum Gasteiger partial charge on any atom is -0.465 e. The van der Waals surface area contributed by atoms with E-state index < -0.39 is 5.25 Å². The number of benzene rings is 1. The van der Waals surface area contributed by atoms with Crippen molar-refractivity contribution in [2.45, 2.75) is 16.5 Å². The summed E-state index contributed by atoms with van der Waals surface area (Å²) in [5, 5.41) is 7.60. The van der Waals surface area contributed by atoms with Crippen LogP contribution in [0.4, 0.5) is 5.13 Å². The highest BCUT2D eigenvalue weighted by atomic mass is 32.2. The molecule has 1 aromatic heterocycles. The summed E-state index contributed by atoms with van der Waals surface area (Å²) in [5.74, 6) is -0.285. The van der Waals surface area contributed by atoms with Crippen LogP contribution in [0.3, 0.4) is 0 Å². The fraction of sp³-hybridized carbons (Fsp3) is 0.250. The van der Waals surface area contributed by atoms with Crippen molar-refractivity contribution >= 4 is 34.2 Å². The Bertz CT molecular complexity index is 545. The number of anilines is 1. The molecule has 1 heterocycles. The lowest BCUT2D eigenvalue weighted by atomic mass is 10.1. The summed E-state index contributed by atoms with van der Waals surface area (Å²) in [6, 6.07) is 9.45. The van der Waals surface area contributed by atoms with Crippen molar-refractivity contribution in [1.82, 2.24) is 10.2 Å². The number of carbonyl (C=O) groups excluding carboxylic acids is 1. The van der Waals surface area contributed by atoms with Gasteiger partial charge in [-0.05, 0) is 12.5 Å². The summed E-state index contributed by atoms with van der Waals surface area (Å²) < 4.78 is 5.76. The van der Waals surface area contributed by atoms with Gasteiger partial charge in [-0.1, -0.05) is 53.4 Å². The van der Waals surface area contributed by atoms with Gasteiger partial charge in [0, 0.05) is 0 Å². The van der Waals surface area contributed by atoms with E-state index in [0.717, 1.165) is 5.56 Å². The van der Waals surface area contributed by atoms with Crippen LogP contribution in [0, 0.1) is 0 Å². The van der Waals surface area contributed by atoms with Gasteiger partial charge in [-0.25, -0.2) is 0 Å². The fourth-order valence-corrected chi connectivity index (χ4v) is 3.29. The molecule has 0 radical (unpaired) electrons. The zero-order chi connectivity index (χ0) is 13.7. The molecule has 0 unspecified atom stereocenters. The summed E-state index contributed by atoms with van der Waals surface area (Å²) in [6.07, 6.45) is 0. The van der Waals surface area contributed by atoms with Crippen molar-refractivity contribution in [3.8, 4) is 0 Å². The monoisotopic (exact) mass is 295 g/mol. The second kappa shape index (κ2) is 6.53. The largest absolute Gasteiger partial charge is 0.465 e. The van der Waals surface area contributed by atoms with E-state index in [-0.39, 0.29) is 5.97 Å². The smallest absolute Gasteiger partial charge is 0.324 e. The van der Waals surface area contributed by atoms with Gasteiger partial charge in [-0.3, -0.25) is 4.79 Å². The molecule has 7 heteroatoms. The highest BCUT2D eigenvalue weighted by Gasteiger charge is 2.24. The standard InChI is InChI=1S/C12H13N3O2S2/c1-2-17-10(16)9(8-6-4-3-5-7-8)18-12-15-14-11(13)19-12/h3-7,9H,2H2,1H3,(H2,13,14)/t9-/m1/s1. The second-order valence-electron chi connectivity index (χ2n) is 3.57. The minimum atomic E-state index is -0.450. The minimum absolute atomic E-state index is 0.285. The average molecular weight is 295 g/mol. The summed E-state index contributed by atoms with van der Waals surface area (Å²) >= 11 is 2.56. The highest BCUT2D eigenvalue weighted by molar-refractivity contribution is 8.01. The van der Waals surface area contributed by atoms with Crippen LogP contribution in [0.25, 0.3) is 0 Å². The molecule has 0 saturated heterocycles. The van der Waals surface area contributed by atoms with Crippen LogP contribution in [-0.2, 0) is 9.53 Å². The predicted octanol–water partition coefficient (Wildman–Crippen LogP) is 2.52. The van der Waals surface area contributed by atoms with Crippen LogP contribution in [0.5, 0.6) is 0 Å². The maximum atomic E-state index is 12.0. The summed E-state index contributed by atoms with van der Waals surface area (Å²) in [4.78, 5) is 12.0. The Morgan fingerprint density at radius 2 is 2.16 bits per heavy atom. The lowest BCUT2D eigenvalue weighted by Crippen LogP contribution is -2.13. The Hall–Kier alpha value is -1.60. The quantitative estimate of drug-likeness (QED) is 0.674. The number of nitrogens with zero attached hydrogens (tertiary/aromatic N) is 2. The predicted molar refractivity (Wildman–Crippen MR) is 76.0 cm³/mol. The Morgan fingerprint density at radius 3 is 2.74 bits per heavy atom. The third-order valence-corrected chi connectivity index (χ3v) is 4.31. The van der Waals surface area contributed by atoms with Gasteiger partial charge in [-0.15, -0.1) is 10.2 Å². The second-order valence-corrected chi connectivity index (χ2v) is 5.93. The summed E-state index contributed by atoms with van der Waals surface area (Å²) in [7, 11) is 0. The van der Waals surface area contributed by atoms with Crippen molar-refractivity contribution in [2.24, 2.45) is 0 Å². The molecule has 0 saturated carbocycles. The fourth-order valence-electron chi connectivity index (χ4n) is 1.47. The molecule has 100 valence electrons. The highest BCUT2D eigenvalue weighted by Crippen LogP contribution is 2.37. The molecule has 0 spiro atoms. The lowest BCUT2D eigenvalue weighted by Gasteiger charge is -2.13. The van der Waals surface area contributed by atoms with E-state index in [2.05, 4.69) is 10.2 Å². The van der Waals surface area contributed by atoms with Gasteiger partial charge in [0.15, 0.2) is 4.34 Å². The molecule has 1 aromatic carbocycles. The van der Waals surface area contributed by atoms with Crippen molar-refractivity contribution in [1.29, 1.82) is 0 Å².